The molecule has 0 aromatic heterocycles. The molecule has 0 aromatic rings. The van der Waals surface area contributed by atoms with E-state index in [9.17, 15) is 0 Å². The van der Waals surface area contributed by atoms with Crippen LogP contribution in [-0.4, -0.2) is 25.7 Å². The maximum absolute atomic E-state index is 3.56. The van der Waals surface area contributed by atoms with Crippen molar-refractivity contribution in [2.75, 3.05) is 19.6 Å². The van der Waals surface area contributed by atoms with Crippen LogP contribution < -0.4 is 10.6 Å². The molecular formula is C8H16N2. The Hall–Kier alpha value is -0.0800. The summed E-state index contributed by atoms with van der Waals surface area (Å²) in [4.78, 5) is 0. The monoisotopic (exact) mass is 140 g/mol. The molecule has 0 atom stereocenters. The van der Waals surface area contributed by atoms with Crippen molar-refractivity contribution in [2.45, 2.75) is 25.3 Å². The third-order valence-electron chi connectivity index (χ3n) is 2.70. The van der Waals surface area contributed by atoms with Crippen LogP contribution in [0.25, 0.3) is 0 Å². The summed E-state index contributed by atoms with van der Waals surface area (Å²) in [6, 6.07) is 0.792. The van der Waals surface area contributed by atoms with E-state index in [2.05, 4.69) is 10.6 Å². The third kappa shape index (κ3) is 1.32. The first-order valence-corrected chi connectivity index (χ1v) is 4.39. The SMILES string of the molecule is C1CC(CNC2CNC2)C1. The summed E-state index contributed by atoms with van der Waals surface area (Å²) in [5.74, 6) is 1.01. The van der Waals surface area contributed by atoms with Crippen molar-refractivity contribution < 1.29 is 0 Å². The zero-order valence-corrected chi connectivity index (χ0v) is 6.40. The molecule has 10 heavy (non-hydrogen) atoms. The minimum atomic E-state index is 0.792. The maximum Gasteiger partial charge on any atom is 0.0317 e. The quantitative estimate of drug-likeness (QED) is 0.591. The average molecular weight is 140 g/mol. The third-order valence-corrected chi connectivity index (χ3v) is 2.70. The molecule has 2 N–H and O–H groups in total. The molecule has 0 bridgehead atoms. The highest BCUT2D eigenvalue weighted by atomic mass is 15.1. The predicted octanol–water partition coefficient (Wildman–Crippen LogP) is 0.348. The second-order valence-corrected chi connectivity index (χ2v) is 3.56. The van der Waals surface area contributed by atoms with Crippen LogP contribution in [-0.2, 0) is 0 Å². The molecule has 0 spiro atoms. The fraction of sp³-hybridized carbons (Fsp3) is 1.00. The normalized spacial score (nSPS) is 27.6. The summed E-state index contributed by atoms with van der Waals surface area (Å²) in [7, 11) is 0. The topological polar surface area (TPSA) is 24.1 Å². The first kappa shape index (κ1) is 6.62. The summed E-state index contributed by atoms with van der Waals surface area (Å²) >= 11 is 0. The van der Waals surface area contributed by atoms with Gasteiger partial charge >= 0.3 is 0 Å². The molecule has 0 radical (unpaired) electrons. The van der Waals surface area contributed by atoms with Gasteiger partial charge < -0.3 is 10.6 Å². The van der Waals surface area contributed by atoms with Crippen molar-refractivity contribution in [1.82, 2.24) is 10.6 Å². The molecule has 2 nitrogen and oxygen atoms in total. The molecule has 1 aliphatic carbocycles. The van der Waals surface area contributed by atoms with Crippen molar-refractivity contribution in [3.8, 4) is 0 Å². The minimum absolute atomic E-state index is 0.792. The fourth-order valence-corrected chi connectivity index (χ4v) is 1.46. The molecule has 2 heteroatoms. The molecule has 0 aromatic carbocycles. The van der Waals surface area contributed by atoms with Gasteiger partial charge in [0.2, 0.25) is 0 Å². The number of rotatable bonds is 3. The highest BCUT2D eigenvalue weighted by Crippen LogP contribution is 2.25. The van der Waals surface area contributed by atoms with Gasteiger partial charge in [-0.25, -0.2) is 0 Å². The molecule has 1 heterocycles. The van der Waals surface area contributed by atoms with Gasteiger partial charge in [0, 0.05) is 19.1 Å². The molecule has 1 saturated carbocycles. The molecule has 2 rings (SSSR count). The van der Waals surface area contributed by atoms with Crippen LogP contribution in [0.1, 0.15) is 19.3 Å². The van der Waals surface area contributed by atoms with Crippen molar-refractivity contribution in [3.05, 3.63) is 0 Å². The van der Waals surface area contributed by atoms with E-state index in [0.29, 0.717) is 0 Å². The van der Waals surface area contributed by atoms with Gasteiger partial charge in [-0.2, -0.15) is 0 Å². The van der Waals surface area contributed by atoms with Crippen molar-refractivity contribution >= 4 is 0 Å². The van der Waals surface area contributed by atoms with Gasteiger partial charge in [-0.05, 0) is 25.3 Å². The fourth-order valence-electron chi connectivity index (χ4n) is 1.46. The average Bonchev–Trinajstić information content (AvgIpc) is 1.70. The van der Waals surface area contributed by atoms with Crippen LogP contribution in [0.2, 0.25) is 0 Å². The first-order chi connectivity index (χ1) is 4.95. The van der Waals surface area contributed by atoms with E-state index in [4.69, 9.17) is 0 Å². The standard InChI is InChI=1S/C8H16N2/c1-2-7(3-1)4-10-8-5-9-6-8/h7-10H,1-6H2. The van der Waals surface area contributed by atoms with Crippen LogP contribution in [0.3, 0.4) is 0 Å². The van der Waals surface area contributed by atoms with E-state index in [1.165, 1.54) is 38.9 Å². The number of hydrogen-bond acceptors (Lipinski definition) is 2. The molecule has 1 aliphatic heterocycles. The zero-order chi connectivity index (χ0) is 6.81. The van der Waals surface area contributed by atoms with Gasteiger partial charge in [-0.15, -0.1) is 0 Å². The Balaban J connectivity index is 1.54. The molecule has 0 unspecified atom stereocenters. The van der Waals surface area contributed by atoms with Crippen LogP contribution in [0.5, 0.6) is 0 Å². The summed E-state index contributed by atoms with van der Waals surface area (Å²) in [6.07, 6.45) is 4.40. The Morgan fingerprint density at radius 2 is 2.10 bits per heavy atom. The Morgan fingerprint density at radius 1 is 1.30 bits per heavy atom. The van der Waals surface area contributed by atoms with Crippen LogP contribution >= 0.6 is 0 Å². The van der Waals surface area contributed by atoms with E-state index in [1.54, 1.807) is 0 Å². The van der Waals surface area contributed by atoms with Gasteiger partial charge in [0.15, 0.2) is 0 Å². The van der Waals surface area contributed by atoms with E-state index in [-0.39, 0.29) is 0 Å². The van der Waals surface area contributed by atoms with Crippen molar-refractivity contribution in [1.29, 1.82) is 0 Å². The minimum Gasteiger partial charge on any atom is -0.314 e. The van der Waals surface area contributed by atoms with Crippen molar-refractivity contribution in [3.63, 3.8) is 0 Å². The number of hydrogen-bond donors (Lipinski definition) is 2. The Labute approximate surface area is 62.4 Å². The Kier molecular flexibility index (Phi) is 1.91. The lowest BCUT2D eigenvalue weighted by atomic mass is 9.85. The molecule has 2 fully saturated rings. The lowest BCUT2D eigenvalue weighted by molar-refractivity contribution is 0.266. The Bertz CT molecular complexity index is 91.8. The molecule has 1 saturated heterocycles. The zero-order valence-electron chi connectivity index (χ0n) is 6.40. The van der Waals surface area contributed by atoms with Crippen LogP contribution in [0.4, 0.5) is 0 Å². The molecule has 2 aliphatic rings. The summed E-state index contributed by atoms with van der Waals surface area (Å²) in [5.41, 5.74) is 0. The highest BCUT2D eigenvalue weighted by Gasteiger charge is 2.21. The van der Waals surface area contributed by atoms with Crippen molar-refractivity contribution in [2.24, 2.45) is 5.92 Å². The van der Waals surface area contributed by atoms with Crippen LogP contribution in [0, 0.1) is 5.92 Å². The molecular weight excluding hydrogens is 124 g/mol. The molecule has 0 amide bonds. The van der Waals surface area contributed by atoms with Gasteiger partial charge in [0.1, 0.15) is 0 Å². The van der Waals surface area contributed by atoms with E-state index >= 15 is 0 Å². The van der Waals surface area contributed by atoms with Gasteiger partial charge in [-0.3, -0.25) is 0 Å². The Morgan fingerprint density at radius 3 is 2.50 bits per heavy atom. The van der Waals surface area contributed by atoms with E-state index in [0.717, 1.165) is 12.0 Å². The number of nitrogens with one attached hydrogen (secondary N) is 2. The lowest BCUT2D eigenvalue weighted by Gasteiger charge is -2.32. The molecule has 58 valence electrons. The van der Waals surface area contributed by atoms with Crippen LogP contribution in [0.15, 0.2) is 0 Å². The second-order valence-electron chi connectivity index (χ2n) is 3.56. The maximum atomic E-state index is 3.56. The van der Waals surface area contributed by atoms with Gasteiger partial charge in [-0.1, -0.05) is 6.42 Å². The summed E-state index contributed by atoms with van der Waals surface area (Å²) < 4.78 is 0. The lowest BCUT2D eigenvalue weighted by Crippen LogP contribution is -2.56. The van der Waals surface area contributed by atoms with E-state index in [1.807, 2.05) is 0 Å². The van der Waals surface area contributed by atoms with E-state index < -0.39 is 0 Å². The smallest absolute Gasteiger partial charge is 0.0317 e. The first-order valence-electron chi connectivity index (χ1n) is 4.39. The summed E-state index contributed by atoms with van der Waals surface area (Å²) in [5, 5.41) is 6.82. The predicted molar refractivity (Wildman–Crippen MR) is 42.0 cm³/mol. The summed E-state index contributed by atoms with van der Waals surface area (Å²) in [6.45, 7) is 3.64. The van der Waals surface area contributed by atoms with Gasteiger partial charge in [0.05, 0.1) is 0 Å². The second kappa shape index (κ2) is 2.89. The largest absolute Gasteiger partial charge is 0.314 e. The van der Waals surface area contributed by atoms with Gasteiger partial charge in [0.25, 0.3) is 0 Å². The highest BCUT2D eigenvalue weighted by molar-refractivity contribution is 4.83.